The molecule has 2 N–H and O–H groups in total. The van der Waals surface area contributed by atoms with Crippen LogP contribution >= 0.6 is 0 Å². The first-order valence-corrected chi connectivity index (χ1v) is 6.88. The zero-order chi connectivity index (χ0) is 12.8. The molecule has 0 amide bonds. The molecule has 1 saturated heterocycles. The van der Waals surface area contributed by atoms with Crippen LogP contribution in [0, 0.1) is 0 Å². The van der Waals surface area contributed by atoms with Crippen molar-refractivity contribution in [2.45, 2.75) is 38.5 Å². The third-order valence-electron chi connectivity index (χ3n) is 4.01. The van der Waals surface area contributed by atoms with Gasteiger partial charge in [0.1, 0.15) is 0 Å². The number of hydrogen-bond donors (Lipinski definition) is 2. The first kappa shape index (κ1) is 11.8. The lowest BCUT2D eigenvalue weighted by Crippen LogP contribution is -2.10. The lowest BCUT2D eigenvalue weighted by atomic mass is 9.86. The minimum atomic E-state index is 0.223. The molecule has 2 aromatic rings. The molecule has 1 aromatic carbocycles. The Morgan fingerprint density at radius 3 is 2.67 bits per heavy atom. The van der Waals surface area contributed by atoms with Gasteiger partial charge in [-0.1, -0.05) is 26.8 Å². The third-order valence-corrected chi connectivity index (χ3v) is 4.01. The van der Waals surface area contributed by atoms with Crippen LogP contribution in [0.25, 0.3) is 10.9 Å². The molecule has 1 aliphatic heterocycles. The Morgan fingerprint density at radius 2 is 2.00 bits per heavy atom. The van der Waals surface area contributed by atoms with Crippen LogP contribution < -0.4 is 5.32 Å². The summed E-state index contributed by atoms with van der Waals surface area (Å²) in [6.07, 6.45) is 1.25. The van der Waals surface area contributed by atoms with Gasteiger partial charge in [0.25, 0.3) is 0 Å². The second-order valence-electron chi connectivity index (χ2n) is 6.47. The monoisotopic (exact) mass is 242 g/mol. The molecule has 0 radical (unpaired) electrons. The fraction of sp³-hybridized carbons (Fsp3) is 0.500. The van der Waals surface area contributed by atoms with E-state index in [-0.39, 0.29) is 5.41 Å². The molecule has 1 aromatic heterocycles. The SMILES string of the molecule is CC(C)(C)c1ccc2[nH]c(C3CCNC3)cc2c1. The highest BCUT2D eigenvalue weighted by molar-refractivity contribution is 5.81. The number of nitrogens with one attached hydrogen (secondary N) is 2. The van der Waals surface area contributed by atoms with Crippen LogP contribution in [0.2, 0.25) is 0 Å². The van der Waals surface area contributed by atoms with Crippen molar-refractivity contribution in [3.8, 4) is 0 Å². The molecule has 2 nitrogen and oxygen atoms in total. The Kier molecular flexibility index (Phi) is 2.70. The highest BCUT2D eigenvalue weighted by Crippen LogP contribution is 2.29. The summed E-state index contributed by atoms with van der Waals surface area (Å²) >= 11 is 0. The van der Waals surface area contributed by atoms with E-state index in [4.69, 9.17) is 0 Å². The molecular formula is C16H22N2. The summed E-state index contributed by atoms with van der Waals surface area (Å²) in [6.45, 7) is 9.06. The van der Waals surface area contributed by atoms with Crippen molar-refractivity contribution in [1.82, 2.24) is 10.3 Å². The summed E-state index contributed by atoms with van der Waals surface area (Å²) in [5.41, 5.74) is 4.29. The van der Waals surface area contributed by atoms with Gasteiger partial charge in [0.2, 0.25) is 0 Å². The third kappa shape index (κ3) is 2.05. The number of rotatable bonds is 1. The number of H-pyrrole nitrogens is 1. The Labute approximate surface area is 109 Å². The van der Waals surface area contributed by atoms with Gasteiger partial charge in [-0.2, -0.15) is 0 Å². The zero-order valence-electron chi connectivity index (χ0n) is 11.5. The average molecular weight is 242 g/mol. The molecule has 1 aliphatic rings. The molecule has 96 valence electrons. The van der Waals surface area contributed by atoms with Gasteiger partial charge < -0.3 is 10.3 Å². The molecule has 1 fully saturated rings. The van der Waals surface area contributed by atoms with Crippen molar-refractivity contribution >= 4 is 10.9 Å². The maximum Gasteiger partial charge on any atom is 0.0456 e. The first-order chi connectivity index (χ1) is 8.54. The molecule has 18 heavy (non-hydrogen) atoms. The summed E-state index contributed by atoms with van der Waals surface area (Å²) in [7, 11) is 0. The van der Waals surface area contributed by atoms with Crippen LogP contribution in [0.5, 0.6) is 0 Å². The van der Waals surface area contributed by atoms with Gasteiger partial charge in [0, 0.05) is 23.7 Å². The van der Waals surface area contributed by atoms with Crippen molar-refractivity contribution in [2.75, 3.05) is 13.1 Å². The highest BCUT2D eigenvalue weighted by Gasteiger charge is 2.19. The van der Waals surface area contributed by atoms with E-state index in [1.807, 2.05) is 0 Å². The predicted octanol–water partition coefficient (Wildman–Crippen LogP) is 3.54. The zero-order valence-corrected chi connectivity index (χ0v) is 11.5. The van der Waals surface area contributed by atoms with Crippen LogP contribution in [-0.2, 0) is 5.41 Å². The van der Waals surface area contributed by atoms with E-state index in [1.54, 1.807) is 0 Å². The van der Waals surface area contributed by atoms with Gasteiger partial charge in [-0.25, -0.2) is 0 Å². The number of fused-ring (bicyclic) bond motifs is 1. The largest absolute Gasteiger partial charge is 0.358 e. The van der Waals surface area contributed by atoms with Crippen molar-refractivity contribution in [2.24, 2.45) is 0 Å². The van der Waals surface area contributed by atoms with Crippen molar-refractivity contribution in [1.29, 1.82) is 0 Å². The Hall–Kier alpha value is -1.28. The van der Waals surface area contributed by atoms with Gasteiger partial charge in [-0.05, 0) is 47.5 Å². The van der Waals surface area contributed by atoms with E-state index < -0.39 is 0 Å². The lowest BCUT2D eigenvalue weighted by molar-refractivity contribution is 0.591. The van der Waals surface area contributed by atoms with Crippen molar-refractivity contribution < 1.29 is 0 Å². The molecule has 1 atom stereocenters. The highest BCUT2D eigenvalue weighted by atomic mass is 14.9. The summed E-state index contributed by atoms with van der Waals surface area (Å²) in [5.74, 6) is 0.662. The summed E-state index contributed by atoms with van der Waals surface area (Å²) in [4.78, 5) is 3.58. The van der Waals surface area contributed by atoms with Crippen LogP contribution in [0.1, 0.15) is 44.4 Å². The smallest absolute Gasteiger partial charge is 0.0456 e. The van der Waals surface area contributed by atoms with Crippen LogP contribution in [-0.4, -0.2) is 18.1 Å². The lowest BCUT2D eigenvalue weighted by Gasteiger charge is -2.18. The molecule has 0 spiro atoms. The second kappa shape index (κ2) is 4.13. The Balaban J connectivity index is 2.01. The first-order valence-electron chi connectivity index (χ1n) is 6.88. The van der Waals surface area contributed by atoms with Crippen molar-refractivity contribution in [3.63, 3.8) is 0 Å². The molecule has 3 rings (SSSR count). The number of aromatic nitrogens is 1. The molecule has 0 aliphatic carbocycles. The molecule has 0 bridgehead atoms. The summed E-state index contributed by atoms with van der Waals surface area (Å²) in [6, 6.07) is 9.14. The van der Waals surface area contributed by atoms with Crippen LogP contribution in [0.4, 0.5) is 0 Å². The Bertz CT molecular complexity index is 554. The van der Waals surface area contributed by atoms with E-state index in [2.05, 4.69) is 55.3 Å². The maximum atomic E-state index is 3.58. The van der Waals surface area contributed by atoms with E-state index in [0.717, 1.165) is 13.1 Å². The minimum absolute atomic E-state index is 0.223. The van der Waals surface area contributed by atoms with E-state index in [1.165, 1.54) is 28.6 Å². The number of aromatic amines is 1. The topological polar surface area (TPSA) is 27.8 Å². The van der Waals surface area contributed by atoms with Gasteiger partial charge in [0.05, 0.1) is 0 Å². The molecular weight excluding hydrogens is 220 g/mol. The fourth-order valence-electron chi connectivity index (χ4n) is 2.76. The van der Waals surface area contributed by atoms with Crippen LogP contribution in [0.3, 0.4) is 0 Å². The normalized spacial score (nSPS) is 20.7. The fourth-order valence-corrected chi connectivity index (χ4v) is 2.76. The number of hydrogen-bond acceptors (Lipinski definition) is 1. The standard InChI is InChI=1S/C16H22N2/c1-16(2,3)13-4-5-14-12(8-13)9-15(18-14)11-6-7-17-10-11/h4-5,8-9,11,17-18H,6-7,10H2,1-3H3. The van der Waals surface area contributed by atoms with E-state index in [0.29, 0.717) is 5.92 Å². The molecule has 2 heterocycles. The van der Waals surface area contributed by atoms with E-state index in [9.17, 15) is 0 Å². The quantitative estimate of drug-likeness (QED) is 0.786. The van der Waals surface area contributed by atoms with Gasteiger partial charge >= 0.3 is 0 Å². The summed E-state index contributed by atoms with van der Waals surface area (Å²) in [5, 5.41) is 4.78. The molecule has 2 heteroatoms. The van der Waals surface area contributed by atoms with Crippen LogP contribution in [0.15, 0.2) is 24.3 Å². The minimum Gasteiger partial charge on any atom is -0.358 e. The van der Waals surface area contributed by atoms with Gasteiger partial charge in [0.15, 0.2) is 0 Å². The second-order valence-corrected chi connectivity index (χ2v) is 6.47. The average Bonchev–Trinajstić information content (AvgIpc) is 2.95. The van der Waals surface area contributed by atoms with Gasteiger partial charge in [-0.3, -0.25) is 0 Å². The van der Waals surface area contributed by atoms with Gasteiger partial charge in [-0.15, -0.1) is 0 Å². The number of benzene rings is 1. The maximum absolute atomic E-state index is 3.58. The molecule has 0 saturated carbocycles. The summed E-state index contributed by atoms with van der Waals surface area (Å²) < 4.78 is 0. The van der Waals surface area contributed by atoms with E-state index >= 15 is 0 Å². The Morgan fingerprint density at radius 1 is 1.17 bits per heavy atom. The predicted molar refractivity (Wildman–Crippen MR) is 77.2 cm³/mol. The molecule has 1 unspecified atom stereocenters. The van der Waals surface area contributed by atoms with Crippen molar-refractivity contribution in [3.05, 3.63) is 35.5 Å².